The van der Waals surface area contributed by atoms with Gasteiger partial charge in [0.15, 0.2) is 0 Å². The van der Waals surface area contributed by atoms with E-state index in [0.29, 0.717) is 16.5 Å². The number of hydrogen-bond donors (Lipinski definition) is 0. The molecule has 0 saturated heterocycles. The van der Waals surface area contributed by atoms with Crippen LogP contribution in [0.4, 0.5) is 0 Å². The SMILES string of the molecule is C[Si](C)(C)c1cc2c3c(=O)n(-c4c(-c5ccccc5)cccc4-c4ccccc4)c(=O)c3c3cc([Si](C)(C)C)c4ccc5ccc1c1c5c4c3c21. The maximum atomic E-state index is 15.5. The maximum absolute atomic E-state index is 15.5. The quantitative estimate of drug-likeness (QED) is 0.133. The van der Waals surface area contributed by atoms with Gasteiger partial charge in [-0.3, -0.25) is 9.59 Å². The first kappa shape index (κ1) is 30.5. The van der Waals surface area contributed by atoms with Crippen LogP contribution in [0, 0.1) is 0 Å². The Hall–Kier alpha value is -5.37. The summed E-state index contributed by atoms with van der Waals surface area (Å²) < 4.78 is 1.51. The molecule has 0 bridgehead atoms. The monoisotopic (exact) mass is 691 g/mol. The predicted molar refractivity (Wildman–Crippen MR) is 225 cm³/mol. The first-order valence-corrected chi connectivity index (χ1v) is 24.9. The molecule has 9 aromatic carbocycles. The molecule has 1 heterocycles. The minimum Gasteiger partial charge on any atom is -0.268 e. The van der Waals surface area contributed by atoms with E-state index in [1.54, 1.807) is 0 Å². The maximum Gasteiger partial charge on any atom is 0.266 e. The molecule has 0 amide bonds. The summed E-state index contributed by atoms with van der Waals surface area (Å²) in [5, 5.41) is 15.5. The number of para-hydroxylation sites is 1. The first-order chi connectivity index (χ1) is 24.4. The van der Waals surface area contributed by atoms with E-state index in [0.717, 1.165) is 43.8 Å². The number of hydrogen-bond acceptors (Lipinski definition) is 2. The van der Waals surface area contributed by atoms with E-state index in [2.05, 4.69) is 99.9 Å². The minimum absolute atomic E-state index is 0.240. The van der Waals surface area contributed by atoms with Crippen molar-refractivity contribution < 1.29 is 0 Å². The second kappa shape index (κ2) is 10.1. The van der Waals surface area contributed by atoms with E-state index in [1.807, 2.05) is 54.6 Å². The molecule has 0 aliphatic heterocycles. The highest BCUT2D eigenvalue weighted by atomic mass is 28.3. The molecular formula is C46H37NO2Si2. The molecule has 0 aliphatic carbocycles. The number of aromatic nitrogens is 1. The zero-order valence-electron chi connectivity index (χ0n) is 29.7. The third kappa shape index (κ3) is 3.99. The van der Waals surface area contributed by atoms with Crippen LogP contribution >= 0.6 is 0 Å². The molecule has 51 heavy (non-hydrogen) atoms. The normalized spacial score (nSPS) is 13.1. The lowest BCUT2D eigenvalue weighted by molar-refractivity contribution is 0.996. The number of rotatable bonds is 5. The van der Waals surface area contributed by atoms with Gasteiger partial charge in [0.05, 0.1) is 32.6 Å². The number of fused-ring (bicyclic) bond motifs is 3. The van der Waals surface area contributed by atoms with Crippen LogP contribution in [0.25, 0.3) is 92.6 Å². The third-order valence-electron chi connectivity index (χ3n) is 11.3. The highest BCUT2D eigenvalue weighted by Crippen LogP contribution is 2.50. The third-order valence-corrected chi connectivity index (χ3v) is 15.4. The van der Waals surface area contributed by atoms with Crippen LogP contribution in [0.5, 0.6) is 0 Å². The average Bonchev–Trinajstić information content (AvgIpc) is 3.61. The molecule has 0 radical (unpaired) electrons. The lowest BCUT2D eigenvalue weighted by Crippen LogP contribution is -2.38. The Bertz CT molecular complexity index is 2910. The lowest BCUT2D eigenvalue weighted by atomic mass is 9.95. The Balaban J connectivity index is 1.49. The first-order valence-electron chi connectivity index (χ1n) is 17.9. The molecule has 0 spiro atoms. The van der Waals surface area contributed by atoms with E-state index in [1.165, 1.54) is 47.3 Å². The van der Waals surface area contributed by atoms with Gasteiger partial charge in [0.25, 0.3) is 11.1 Å². The Kier molecular flexibility index (Phi) is 6.04. The van der Waals surface area contributed by atoms with Gasteiger partial charge < -0.3 is 0 Å². The Morgan fingerprint density at radius 2 is 0.824 bits per heavy atom. The molecule has 1 aromatic heterocycles. The van der Waals surface area contributed by atoms with Crippen molar-refractivity contribution in [2.45, 2.75) is 39.3 Å². The summed E-state index contributed by atoms with van der Waals surface area (Å²) in [5.41, 5.74) is 3.80. The zero-order chi connectivity index (χ0) is 35.1. The Labute approximate surface area is 297 Å². The van der Waals surface area contributed by atoms with E-state index >= 15 is 9.59 Å². The molecule has 10 aromatic rings. The van der Waals surface area contributed by atoms with Crippen molar-refractivity contribution in [3.63, 3.8) is 0 Å². The fourth-order valence-electron chi connectivity index (χ4n) is 9.12. The molecule has 0 atom stereocenters. The second-order valence-electron chi connectivity index (χ2n) is 16.4. The van der Waals surface area contributed by atoms with Crippen LogP contribution in [0.1, 0.15) is 0 Å². The fraction of sp³-hybridized carbons (Fsp3) is 0.130. The van der Waals surface area contributed by atoms with Crippen LogP contribution in [0.15, 0.2) is 125 Å². The summed E-state index contributed by atoms with van der Waals surface area (Å²) in [6.07, 6.45) is 0. The fourth-order valence-corrected chi connectivity index (χ4v) is 12.3. The minimum atomic E-state index is -1.91. The lowest BCUT2D eigenvalue weighted by Gasteiger charge is -2.21. The molecule has 0 saturated carbocycles. The summed E-state index contributed by atoms with van der Waals surface area (Å²) in [5.74, 6) is 0. The number of nitrogens with zero attached hydrogens (tertiary/aromatic N) is 1. The molecule has 0 unspecified atom stereocenters. The summed E-state index contributed by atoms with van der Waals surface area (Å²) in [7, 11) is -3.83. The van der Waals surface area contributed by atoms with Crippen molar-refractivity contribution >= 4 is 91.2 Å². The van der Waals surface area contributed by atoms with Crippen molar-refractivity contribution in [1.29, 1.82) is 0 Å². The van der Waals surface area contributed by atoms with Gasteiger partial charge in [0.1, 0.15) is 0 Å². The van der Waals surface area contributed by atoms with Gasteiger partial charge >= 0.3 is 0 Å². The summed E-state index contributed by atoms with van der Waals surface area (Å²) >= 11 is 0. The van der Waals surface area contributed by atoms with Gasteiger partial charge in [-0.05, 0) is 65.0 Å². The van der Waals surface area contributed by atoms with Crippen LogP contribution < -0.4 is 21.5 Å². The highest BCUT2D eigenvalue weighted by Gasteiger charge is 2.33. The topological polar surface area (TPSA) is 39.1 Å². The van der Waals surface area contributed by atoms with Gasteiger partial charge in [-0.25, -0.2) is 4.57 Å². The predicted octanol–water partition coefficient (Wildman–Crippen LogP) is 10.3. The smallest absolute Gasteiger partial charge is 0.266 e. The molecule has 0 aliphatic rings. The summed E-state index contributed by atoms with van der Waals surface area (Å²) in [6.45, 7) is 14.3. The van der Waals surface area contributed by atoms with E-state index < -0.39 is 16.1 Å². The van der Waals surface area contributed by atoms with Crippen molar-refractivity contribution in [2.24, 2.45) is 0 Å². The Morgan fingerprint density at radius 1 is 0.412 bits per heavy atom. The molecule has 0 N–H and O–H groups in total. The van der Waals surface area contributed by atoms with Crippen LogP contribution in [-0.2, 0) is 0 Å². The van der Waals surface area contributed by atoms with Gasteiger partial charge in [0.2, 0.25) is 0 Å². The van der Waals surface area contributed by atoms with Gasteiger partial charge in [-0.15, -0.1) is 0 Å². The molecule has 246 valence electrons. The Morgan fingerprint density at radius 3 is 1.24 bits per heavy atom. The van der Waals surface area contributed by atoms with Crippen LogP contribution in [0.3, 0.4) is 0 Å². The van der Waals surface area contributed by atoms with E-state index in [4.69, 9.17) is 0 Å². The van der Waals surface area contributed by atoms with Crippen molar-refractivity contribution in [3.8, 4) is 27.9 Å². The van der Waals surface area contributed by atoms with Crippen LogP contribution in [-0.4, -0.2) is 20.7 Å². The van der Waals surface area contributed by atoms with Crippen molar-refractivity contribution in [3.05, 3.63) is 136 Å². The average molecular weight is 692 g/mol. The van der Waals surface area contributed by atoms with Gasteiger partial charge in [-0.1, -0.05) is 165 Å². The van der Waals surface area contributed by atoms with Gasteiger partial charge in [-0.2, -0.15) is 0 Å². The summed E-state index contributed by atoms with van der Waals surface area (Å²) in [4.78, 5) is 31.0. The molecular weight excluding hydrogens is 655 g/mol. The number of benzene rings is 8. The molecule has 3 nitrogen and oxygen atoms in total. The zero-order valence-corrected chi connectivity index (χ0v) is 31.7. The van der Waals surface area contributed by atoms with Crippen LogP contribution in [0.2, 0.25) is 39.3 Å². The van der Waals surface area contributed by atoms with E-state index in [9.17, 15) is 0 Å². The van der Waals surface area contributed by atoms with Gasteiger partial charge in [0, 0.05) is 11.1 Å². The largest absolute Gasteiger partial charge is 0.268 e. The standard InChI is InChI=1S/C46H37NO2Si2/c1-50(2,3)35-24-33-40-38-31(35)22-20-28-21-23-32-36(51(4,5)6)25-34(41(40)39(32)37(28)38)43-42(33)45(48)47(46(43)49)44-29(26-14-9-7-10-15-26)18-13-19-30(44)27-16-11-8-12-17-27/h7-25H,1-6H3. The summed E-state index contributed by atoms with van der Waals surface area (Å²) in [6, 6.07) is 40.1. The van der Waals surface area contributed by atoms with Crippen molar-refractivity contribution in [1.82, 2.24) is 4.57 Å². The second-order valence-corrected chi connectivity index (χ2v) is 26.5. The highest BCUT2D eigenvalue weighted by molar-refractivity contribution is 6.91. The van der Waals surface area contributed by atoms with Crippen molar-refractivity contribution in [2.75, 3.05) is 0 Å². The van der Waals surface area contributed by atoms with E-state index in [-0.39, 0.29) is 11.1 Å². The molecule has 10 rings (SSSR count). The molecule has 0 fully saturated rings. The molecule has 5 heteroatoms.